The topological polar surface area (TPSA) is 71.3 Å². The van der Waals surface area contributed by atoms with Crippen LogP contribution in [0.3, 0.4) is 0 Å². The average Bonchev–Trinajstić information content (AvgIpc) is 2.69. The fraction of sp³-hybridized carbons (Fsp3) is 0.381. The second-order valence-electron chi connectivity index (χ2n) is 6.24. The maximum Gasteiger partial charge on any atom is 0.407 e. The van der Waals surface area contributed by atoms with E-state index in [4.69, 9.17) is 4.74 Å². The number of anilines is 1. The fourth-order valence-corrected chi connectivity index (χ4v) is 2.49. The van der Waals surface area contributed by atoms with Gasteiger partial charge in [0.05, 0.1) is 6.61 Å². The molecule has 7 heteroatoms. The zero-order valence-corrected chi connectivity index (χ0v) is 18.6. The number of ether oxygens (including phenoxy) is 1. The van der Waals surface area contributed by atoms with Crippen molar-refractivity contribution in [2.24, 2.45) is 0 Å². The Kier molecular flexibility index (Phi) is 11.2. The summed E-state index contributed by atoms with van der Waals surface area (Å²) in [6, 6.07) is 11.2. The normalized spacial score (nSPS) is 9.93. The Bertz CT molecular complexity index is 751. The lowest BCUT2D eigenvalue weighted by Crippen LogP contribution is -3.00. The van der Waals surface area contributed by atoms with Crippen molar-refractivity contribution in [2.75, 3.05) is 18.5 Å². The van der Waals surface area contributed by atoms with Gasteiger partial charge in [-0.05, 0) is 37.1 Å². The van der Waals surface area contributed by atoms with Crippen molar-refractivity contribution in [3.8, 4) is 0 Å². The van der Waals surface area contributed by atoms with Crippen LogP contribution in [0.5, 0.6) is 0 Å². The highest BCUT2D eigenvalue weighted by atomic mass is 127. The highest BCUT2D eigenvalue weighted by Crippen LogP contribution is 2.11. The first-order chi connectivity index (χ1) is 13.1. The smallest absolute Gasteiger partial charge is 0.407 e. The molecule has 152 valence electrons. The van der Waals surface area contributed by atoms with E-state index in [1.165, 1.54) is 0 Å². The van der Waals surface area contributed by atoms with Crippen molar-refractivity contribution in [1.29, 1.82) is 0 Å². The number of benzene rings is 1. The lowest BCUT2D eigenvalue weighted by molar-refractivity contribution is -0.693. The molecule has 0 saturated heterocycles. The van der Waals surface area contributed by atoms with Crippen molar-refractivity contribution in [3.63, 3.8) is 0 Å². The van der Waals surface area contributed by atoms with E-state index < -0.39 is 0 Å². The number of alkyl carbamates (subject to hydrolysis) is 1. The number of nitrogens with one attached hydrogen (secondary N) is 2. The van der Waals surface area contributed by atoms with Gasteiger partial charge in [-0.15, -0.1) is 0 Å². The molecule has 6 nitrogen and oxygen atoms in total. The maximum atomic E-state index is 12.3. The number of pyridine rings is 1. The Morgan fingerprint density at radius 2 is 1.86 bits per heavy atom. The third-order valence-corrected chi connectivity index (χ3v) is 4.12. The molecule has 1 aromatic carbocycles. The summed E-state index contributed by atoms with van der Waals surface area (Å²) in [5.74, 6) is -0.141. The molecule has 1 aromatic heterocycles. The van der Waals surface area contributed by atoms with Crippen LogP contribution in [0.25, 0.3) is 0 Å². The highest BCUT2D eigenvalue weighted by Gasteiger charge is 2.10. The Morgan fingerprint density at radius 1 is 1.11 bits per heavy atom. The minimum absolute atomic E-state index is 0. The molecule has 0 aliphatic heterocycles. The summed E-state index contributed by atoms with van der Waals surface area (Å²) in [7, 11) is 0. The van der Waals surface area contributed by atoms with Crippen molar-refractivity contribution < 1.29 is 42.9 Å². The molecule has 0 bridgehead atoms. The summed E-state index contributed by atoms with van der Waals surface area (Å²) in [5.41, 5.74) is 2.39. The monoisotopic (exact) mass is 497 g/mol. The Labute approximate surface area is 183 Å². The average molecular weight is 497 g/mol. The summed E-state index contributed by atoms with van der Waals surface area (Å²) in [6.07, 6.45) is 5.99. The van der Waals surface area contributed by atoms with Crippen molar-refractivity contribution in [2.45, 2.75) is 39.7 Å². The number of hydrogen-bond donors (Lipinski definition) is 2. The molecule has 0 radical (unpaired) electrons. The number of aromatic nitrogens is 1. The molecule has 2 N–H and O–H groups in total. The molecule has 0 unspecified atom stereocenters. The predicted octanol–water partition coefficient (Wildman–Crippen LogP) is 0.319. The third-order valence-electron chi connectivity index (χ3n) is 4.12. The van der Waals surface area contributed by atoms with Gasteiger partial charge in [-0.3, -0.25) is 4.79 Å². The number of nitrogens with zero attached hydrogens (tertiary/aromatic N) is 1. The van der Waals surface area contributed by atoms with Crippen LogP contribution in [-0.4, -0.2) is 25.2 Å². The number of hydrogen-bond acceptors (Lipinski definition) is 3. The maximum absolute atomic E-state index is 12.3. The second-order valence-corrected chi connectivity index (χ2v) is 6.24. The largest absolute Gasteiger partial charge is 1.00 e. The molecule has 2 aromatic rings. The minimum Gasteiger partial charge on any atom is -1.00 e. The molecular weight excluding hydrogens is 469 g/mol. The van der Waals surface area contributed by atoms with E-state index in [-0.39, 0.29) is 36.0 Å². The molecular formula is C21H28IN3O3. The third kappa shape index (κ3) is 8.24. The van der Waals surface area contributed by atoms with Crippen LogP contribution in [0.15, 0.2) is 48.8 Å². The predicted molar refractivity (Wildman–Crippen MR) is 105 cm³/mol. The van der Waals surface area contributed by atoms with E-state index >= 15 is 0 Å². The molecule has 0 saturated carbocycles. The molecule has 0 spiro atoms. The first-order valence-corrected chi connectivity index (χ1v) is 9.42. The number of carbonyl (C=O) groups is 2. The van der Waals surface area contributed by atoms with Crippen LogP contribution >= 0.6 is 0 Å². The number of unbranched alkanes of at least 4 members (excludes halogenated alkanes) is 1. The first-order valence-electron chi connectivity index (χ1n) is 9.42. The molecule has 0 atom stereocenters. The number of amides is 2. The summed E-state index contributed by atoms with van der Waals surface area (Å²) < 4.78 is 7.10. The lowest BCUT2D eigenvalue weighted by atomic mass is 10.1. The van der Waals surface area contributed by atoms with Gasteiger partial charge in [0.1, 0.15) is 12.1 Å². The van der Waals surface area contributed by atoms with E-state index in [9.17, 15) is 9.59 Å². The molecule has 0 fully saturated rings. The molecule has 2 rings (SSSR count). The van der Waals surface area contributed by atoms with E-state index in [2.05, 4.69) is 17.6 Å². The van der Waals surface area contributed by atoms with Gasteiger partial charge in [0.15, 0.2) is 12.4 Å². The summed E-state index contributed by atoms with van der Waals surface area (Å²) >= 11 is 0. The number of carbonyl (C=O) groups excluding carboxylic acids is 2. The van der Waals surface area contributed by atoms with Gasteiger partial charge < -0.3 is 39.3 Å². The summed E-state index contributed by atoms with van der Waals surface area (Å²) in [4.78, 5) is 23.8. The van der Waals surface area contributed by atoms with Gasteiger partial charge in [0.2, 0.25) is 0 Å². The van der Waals surface area contributed by atoms with Gasteiger partial charge >= 0.3 is 6.09 Å². The molecule has 28 heavy (non-hydrogen) atoms. The van der Waals surface area contributed by atoms with Crippen molar-refractivity contribution in [1.82, 2.24) is 5.32 Å². The minimum atomic E-state index is -0.375. The van der Waals surface area contributed by atoms with Gasteiger partial charge in [0.25, 0.3) is 5.91 Å². The van der Waals surface area contributed by atoms with E-state index in [0.717, 1.165) is 30.6 Å². The summed E-state index contributed by atoms with van der Waals surface area (Å²) in [5, 5.41) is 5.61. The van der Waals surface area contributed by atoms with Crippen molar-refractivity contribution in [3.05, 3.63) is 59.9 Å². The van der Waals surface area contributed by atoms with Crippen LogP contribution in [0.2, 0.25) is 0 Å². The van der Waals surface area contributed by atoms with E-state index in [0.29, 0.717) is 25.1 Å². The molecule has 0 aliphatic rings. The lowest BCUT2D eigenvalue weighted by Gasteiger charge is -2.08. The van der Waals surface area contributed by atoms with E-state index in [1.54, 1.807) is 6.07 Å². The Hall–Kier alpha value is -2.16. The second kappa shape index (κ2) is 13.1. The fourth-order valence-electron chi connectivity index (χ4n) is 2.49. The summed E-state index contributed by atoms with van der Waals surface area (Å²) in [6.45, 7) is 5.88. The molecule has 1 heterocycles. The zero-order valence-electron chi connectivity index (χ0n) is 16.4. The standard InChI is InChI=1S/C21H27N3O3.HI/c1-3-5-13-22-21(26)27-15-12-17-8-10-19(11-9-17)23-20(25)18-7-6-14-24(4-2)16-18;/h6-11,14,16H,3-5,12-13,15H2,1-2H3,(H-,22,23,25,26);1H. The Balaban J connectivity index is 0.00000392. The first kappa shape index (κ1) is 23.9. The van der Waals surface area contributed by atoms with E-state index in [1.807, 2.05) is 54.2 Å². The highest BCUT2D eigenvalue weighted by molar-refractivity contribution is 6.03. The molecule has 0 aliphatic carbocycles. The van der Waals surface area contributed by atoms with Crippen LogP contribution in [0.1, 0.15) is 42.6 Å². The Morgan fingerprint density at radius 3 is 2.54 bits per heavy atom. The van der Waals surface area contributed by atoms with Crippen molar-refractivity contribution >= 4 is 17.7 Å². The zero-order chi connectivity index (χ0) is 19.5. The van der Waals surface area contributed by atoms with Gasteiger partial charge in [-0.1, -0.05) is 25.5 Å². The number of aryl methyl sites for hydroxylation is 1. The SMILES string of the molecule is CCCCNC(=O)OCCc1ccc(NC(=O)c2ccc[n+](CC)c2)cc1.[I-]. The van der Waals surface area contributed by atoms with Gasteiger partial charge in [-0.25, -0.2) is 9.36 Å². The van der Waals surface area contributed by atoms with Gasteiger partial charge in [-0.2, -0.15) is 0 Å². The van der Waals surface area contributed by atoms with Gasteiger partial charge in [0, 0.05) is 24.7 Å². The van der Waals surface area contributed by atoms with Crippen LogP contribution < -0.4 is 39.2 Å². The van der Waals surface area contributed by atoms with Crippen LogP contribution in [0, 0.1) is 0 Å². The van der Waals surface area contributed by atoms with Crippen LogP contribution in [-0.2, 0) is 17.7 Å². The van der Waals surface area contributed by atoms with Crippen LogP contribution in [0.4, 0.5) is 10.5 Å². The number of rotatable bonds is 9. The number of halogens is 1. The quantitative estimate of drug-likeness (QED) is 0.298. The molecule has 2 amide bonds.